The van der Waals surface area contributed by atoms with E-state index < -0.39 is 0 Å². The Morgan fingerprint density at radius 2 is 1.60 bits per heavy atom. The van der Waals surface area contributed by atoms with Gasteiger partial charge in [0, 0.05) is 42.4 Å². The van der Waals surface area contributed by atoms with Crippen LogP contribution in [0, 0.1) is 0 Å². The summed E-state index contributed by atoms with van der Waals surface area (Å²) in [6, 6.07) is 15.1. The normalized spacial score (nSPS) is 14.3. The molecule has 0 radical (unpaired) electrons. The molecule has 0 saturated carbocycles. The number of rotatable bonds is 4. The number of anilines is 2. The summed E-state index contributed by atoms with van der Waals surface area (Å²) in [5.41, 5.74) is 3.40. The fraction of sp³-hybridized carbons (Fsp3) is 0.263. The molecule has 1 aliphatic heterocycles. The Hall–Kier alpha value is -1.92. The van der Waals surface area contributed by atoms with Gasteiger partial charge in [0.1, 0.15) is 0 Å². The monoisotopic (exact) mass is 372 g/mol. The molecule has 0 aliphatic carbocycles. The Labute approximate surface area is 156 Å². The molecule has 1 N–H and O–H groups in total. The zero-order valence-corrected chi connectivity index (χ0v) is 15.8. The molecule has 3 rings (SSSR count). The quantitative estimate of drug-likeness (QED) is 0.864. The van der Waals surface area contributed by atoms with E-state index in [9.17, 15) is 9.59 Å². The Morgan fingerprint density at radius 3 is 2.16 bits per heavy atom. The van der Waals surface area contributed by atoms with Crippen LogP contribution in [0.2, 0.25) is 0 Å². The van der Waals surface area contributed by atoms with Gasteiger partial charge in [0.05, 0.1) is 4.58 Å². The van der Waals surface area contributed by atoms with Crippen LogP contribution in [0.5, 0.6) is 0 Å². The van der Waals surface area contributed by atoms with E-state index in [0.717, 1.165) is 5.69 Å². The predicted molar refractivity (Wildman–Crippen MR) is 108 cm³/mol. The number of benzene rings is 2. The Morgan fingerprint density at radius 1 is 1.00 bits per heavy atom. The van der Waals surface area contributed by atoms with Gasteiger partial charge in [-0.2, -0.15) is 0 Å². The number of carbonyl (C=O) groups is 2. The maximum absolute atomic E-state index is 12.4. The molecule has 0 spiro atoms. The first-order valence-electron chi connectivity index (χ1n) is 8.03. The van der Waals surface area contributed by atoms with Crippen molar-refractivity contribution in [2.24, 2.45) is 0 Å². The first-order valence-corrected chi connectivity index (χ1v) is 10.1. The van der Waals surface area contributed by atoms with Crippen LogP contribution < -0.4 is 10.2 Å². The van der Waals surface area contributed by atoms with Gasteiger partial charge in [0.2, 0.25) is 5.91 Å². The van der Waals surface area contributed by atoms with Crippen LogP contribution in [0.4, 0.5) is 11.4 Å². The first kappa shape index (κ1) is 17.9. The lowest BCUT2D eigenvalue weighted by atomic mass is 10.1. The third kappa shape index (κ3) is 4.38. The molecule has 4 nitrogen and oxygen atoms in total. The summed E-state index contributed by atoms with van der Waals surface area (Å²) in [4.78, 5) is 25.3. The van der Waals surface area contributed by atoms with Gasteiger partial charge in [-0.05, 0) is 42.0 Å². The van der Waals surface area contributed by atoms with Gasteiger partial charge in [-0.15, -0.1) is 23.5 Å². The van der Waals surface area contributed by atoms with E-state index in [2.05, 4.69) is 5.32 Å². The molecule has 0 atom stereocenters. The SMILES string of the molecule is CC(=O)N(C)c1ccc(NC(=O)c2ccc(C3SCCS3)cc2)cc1. The fourth-order valence-corrected chi connectivity index (χ4v) is 5.36. The van der Waals surface area contributed by atoms with Crippen molar-refractivity contribution in [1.82, 2.24) is 0 Å². The summed E-state index contributed by atoms with van der Waals surface area (Å²) in [5.74, 6) is 2.21. The largest absolute Gasteiger partial charge is 0.322 e. The topological polar surface area (TPSA) is 49.4 Å². The van der Waals surface area contributed by atoms with Crippen LogP contribution in [0.15, 0.2) is 48.5 Å². The van der Waals surface area contributed by atoms with Gasteiger partial charge in [-0.1, -0.05) is 12.1 Å². The lowest BCUT2D eigenvalue weighted by Gasteiger charge is -2.15. The molecule has 0 unspecified atom stereocenters. The summed E-state index contributed by atoms with van der Waals surface area (Å²) < 4.78 is 0.489. The van der Waals surface area contributed by atoms with E-state index in [1.807, 2.05) is 59.9 Å². The minimum absolute atomic E-state index is 0.0320. The van der Waals surface area contributed by atoms with Crippen molar-refractivity contribution < 1.29 is 9.59 Å². The minimum Gasteiger partial charge on any atom is -0.322 e. The van der Waals surface area contributed by atoms with Crippen molar-refractivity contribution >= 4 is 46.7 Å². The van der Waals surface area contributed by atoms with Gasteiger partial charge >= 0.3 is 0 Å². The molecule has 2 amide bonds. The van der Waals surface area contributed by atoms with Gasteiger partial charge in [0.25, 0.3) is 5.91 Å². The van der Waals surface area contributed by atoms with Crippen LogP contribution in [0.1, 0.15) is 27.4 Å². The molecule has 1 saturated heterocycles. The second-order valence-electron chi connectivity index (χ2n) is 5.77. The van der Waals surface area contributed by atoms with E-state index in [0.29, 0.717) is 15.8 Å². The van der Waals surface area contributed by atoms with Crippen LogP contribution >= 0.6 is 23.5 Å². The number of nitrogens with one attached hydrogen (secondary N) is 1. The van der Waals surface area contributed by atoms with Crippen molar-refractivity contribution in [3.8, 4) is 0 Å². The Bertz CT molecular complexity index is 754. The molecule has 1 fully saturated rings. The maximum Gasteiger partial charge on any atom is 0.255 e. The second-order valence-corrected chi connectivity index (χ2v) is 8.50. The third-order valence-electron chi connectivity index (χ3n) is 4.05. The van der Waals surface area contributed by atoms with E-state index in [4.69, 9.17) is 0 Å². The fourth-order valence-electron chi connectivity index (χ4n) is 2.50. The molecular weight excluding hydrogens is 352 g/mol. The highest BCUT2D eigenvalue weighted by Gasteiger charge is 2.18. The van der Waals surface area contributed by atoms with Crippen molar-refractivity contribution in [3.63, 3.8) is 0 Å². The Balaban J connectivity index is 1.64. The number of nitrogens with zero attached hydrogens (tertiary/aromatic N) is 1. The summed E-state index contributed by atoms with van der Waals surface area (Å²) in [5, 5.41) is 2.89. The van der Waals surface area contributed by atoms with E-state index >= 15 is 0 Å². The molecule has 0 bridgehead atoms. The summed E-state index contributed by atoms with van der Waals surface area (Å²) >= 11 is 3.90. The van der Waals surface area contributed by atoms with Crippen molar-refractivity contribution in [2.75, 3.05) is 28.8 Å². The molecule has 130 valence electrons. The first-order chi connectivity index (χ1) is 12.0. The van der Waals surface area contributed by atoms with Gasteiger partial charge in [-0.25, -0.2) is 0 Å². The predicted octanol–water partition coefficient (Wildman–Crippen LogP) is 4.40. The summed E-state index contributed by atoms with van der Waals surface area (Å²) in [6.07, 6.45) is 0. The Kier molecular flexibility index (Phi) is 5.71. The highest BCUT2D eigenvalue weighted by atomic mass is 32.2. The van der Waals surface area contributed by atoms with Gasteiger partial charge < -0.3 is 10.2 Å². The zero-order chi connectivity index (χ0) is 17.8. The van der Waals surface area contributed by atoms with Crippen molar-refractivity contribution in [2.45, 2.75) is 11.5 Å². The number of carbonyl (C=O) groups excluding carboxylic acids is 2. The van der Waals surface area contributed by atoms with E-state index in [1.165, 1.54) is 24.0 Å². The highest BCUT2D eigenvalue weighted by Crippen LogP contribution is 2.45. The van der Waals surface area contributed by atoms with Crippen LogP contribution in [0.3, 0.4) is 0 Å². The summed E-state index contributed by atoms with van der Waals surface area (Å²) in [6.45, 7) is 1.52. The van der Waals surface area contributed by atoms with Crippen molar-refractivity contribution in [1.29, 1.82) is 0 Å². The molecule has 1 aliphatic rings. The minimum atomic E-state index is -0.133. The smallest absolute Gasteiger partial charge is 0.255 e. The second kappa shape index (κ2) is 7.97. The van der Waals surface area contributed by atoms with Crippen LogP contribution in [0.25, 0.3) is 0 Å². The average Bonchev–Trinajstić information content (AvgIpc) is 3.16. The lowest BCUT2D eigenvalue weighted by molar-refractivity contribution is -0.116. The molecule has 0 aromatic heterocycles. The maximum atomic E-state index is 12.4. The molecule has 6 heteroatoms. The highest BCUT2D eigenvalue weighted by molar-refractivity contribution is 8.19. The average molecular weight is 373 g/mol. The van der Waals surface area contributed by atoms with Gasteiger partial charge in [0.15, 0.2) is 0 Å². The van der Waals surface area contributed by atoms with Crippen LogP contribution in [-0.2, 0) is 4.79 Å². The molecule has 2 aromatic carbocycles. The molecular formula is C19H20N2O2S2. The van der Waals surface area contributed by atoms with Crippen LogP contribution in [-0.4, -0.2) is 30.4 Å². The summed E-state index contributed by atoms with van der Waals surface area (Å²) in [7, 11) is 1.72. The van der Waals surface area contributed by atoms with E-state index in [-0.39, 0.29) is 11.8 Å². The van der Waals surface area contributed by atoms with Gasteiger partial charge in [-0.3, -0.25) is 9.59 Å². The van der Waals surface area contributed by atoms with Crippen molar-refractivity contribution in [3.05, 3.63) is 59.7 Å². The van der Waals surface area contributed by atoms with E-state index in [1.54, 1.807) is 24.1 Å². The number of hydrogen-bond donors (Lipinski definition) is 1. The number of amides is 2. The molecule has 2 aromatic rings. The molecule has 25 heavy (non-hydrogen) atoms. The molecule has 1 heterocycles. The number of thioether (sulfide) groups is 2. The third-order valence-corrected chi connectivity index (χ3v) is 7.16. The zero-order valence-electron chi connectivity index (χ0n) is 14.2. The lowest BCUT2D eigenvalue weighted by Crippen LogP contribution is -2.22. The standard InChI is InChI=1S/C19H20N2O2S2/c1-13(22)21(2)17-9-7-16(8-10-17)20-18(23)14-3-5-15(6-4-14)19-24-11-12-25-19/h3-10,19H,11-12H2,1-2H3,(H,20,23). The number of hydrogen-bond acceptors (Lipinski definition) is 4.